The number of carbonyl (C=O) groups is 2. The van der Waals surface area contributed by atoms with Crippen LogP contribution in [0.3, 0.4) is 0 Å². The molecule has 0 spiro atoms. The van der Waals surface area contributed by atoms with E-state index in [1.54, 1.807) is 63.8 Å². The summed E-state index contributed by atoms with van der Waals surface area (Å²) in [7, 11) is 4.67. The maximum absolute atomic E-state index is 13.4. The molecule has 1 atom stereocenters. The predicted molar refractivity (Wildman–Crippen MR) is 144 cm³/mol. The van der Waals surface area contributed by atoms with Crippen LogP contribution in [0.2, 0.25) is 0 Å². The third-order valence-electron chi connectivity index (χ3n) is 6.55. The molecule has 8 nitrogen and oxygen atoms in total. The zero-order chi connectivity index (χ0) is 27.7. The Morgan fingerprint density at radius 2 is 1.64 bits per heavy atom. The van der Waals surface area contributed by atoms with E-state index < -0.39 is 5.92 Å². The van der Waals surface area contributed by atoms with Crippen molar-refractivity contribution in [3.63, 3.8) is 0 Å². The maximum atomic E-state index is 13.4. The lowest BCUT2D eigenvalue weighted by Crippen LogP contribution is -2.21. The molecule has 0 radical (unpaired) electrons. The van der Waals surface area contributed by atoms with Crippen LogP contribution in [0.15, 0.2) is 66.4 Å². The van der Waals surface area contributed by atoms with Crippen LogP contribution in [0.1, 0.15) is 46.3 Å². The van der Waals surface area contributed by atoms with Crippen molar-refractivity contribution in [3.05, 3.63) is 88.7 Å². The van der Waals surface area contributed by atoms with Crippen molar-refractivity contribution in [2.24, 2.45) is 0 Å². The van der Waals surface area contributed by atoms with Crippen molar-refractivity contribution in [1.82, 2.24) is 0 Å². The van der Waals surface area contributed by atoms with Gasteiger partial charge < -0.3 is 28.4 Å². The molecule has 0 aromatic heterocycles. The van der Waals surface area contributed by atoms with Gasteiger partial charge in [0.05, 0.1) is 33.3 Å². The Bertz CT molecular complexity index is 1520. The molecule has 0 amide bonds. The molecule has 2 aliphatic rings. The summed E-state index contributed by atoms with van der Waals surface area (Å²) in [6.45, 7) is 6.07. The van der Waals surface area contributed by atoms with E-state index in [4.69, 9.17) is 28.4 Å². The van der Waals surface area contributed by atoms with Crippen molar-refractivity contribution < 1.29 is 38.0 Å². The molecular formula is C31H28O8. The Morgan fingerprint density at radius 1 is 0.923 bits per heavy atom. The molecule has 3 aromatic rings. The number of fused-ring (bicyclic) bond motifs is 3. The van der Waals surface area contributed by atoms with Crippen molar-refractivity contribution in [3.8, 4) is 34.5 Å². The van der Waals surface area contributed by atoms with Gasteiger partial charge in [-0.2, -0.15) is 0 Å². The normalized spacial score (nSPS) is 16.6. The number of hydrogen-bond acceptors (Lipinski definition) is 8. The Balaban J connectivity index is 1.55. The smallest absolute Gasteiger partial charge is 0.312 e. The van der Waals surface area contributed by atoms with E-state index in [9.17, 15) is 9.59 Å². The van der Waals surface area contributed by atoms with Crippen molar-refractivity contribution in [1.29, 1.82) is 0 Å². The Kier molecular flexibility index (Phi) is 7.02. The number of benzene rings is 3. The lowest BCUT2D eigenvalue weighted by atomic mass is 9.84. The molecule has 0 fully saturated rings. The van der Waals surface area contributed by atoms with Crippen LogP contribution >= 0.6 is 0 Å². The van der Waals surface area contributed by atoms with Crippen LogP contribution in [0.4, 0.5) is 0 Å². The van der Waals surface area contributed by atoms with Crippen LogP contribution in [0.25, 0.3) is 6.08 Å². The second kappa shape index (κ2) is 10.6. The largest absolute Gasteiger partial charge is 0.493 e. The molecule has 3 aromatic carbocycles. The predicted octanol–water partition coefficient (Wildman–Crippen LogP) is 5.72. The van der Waals surface area contributed by atoms with Gasteiger partial charge in [0.15, 0.2) is 28.8 Å². The van der Waals surface area contributed by atoms with Gasteiger partial charge in [-0.15, -0.1) is 0 Å². The molecule has 0 saturated carbocycles. The highest BCUT2D eigenvalue weighted by Gasteiger charge is 2.38. The Morgan fingerprint density at radius 3 is 2.36 bits per heavy atom. The summed E-state index contributed by atoms with van der Waals surface area (Å²) in [6.07, 6.45) is 1.72. The highest BCUT2D eigenvalue weighted by atomic mass is 16.5. The fraction of sp³-hybridized carbons (Fsp3) is 0.226. The van der Waals surface area contributed by atoms with E-state index >= 15 is 0 Å². The molecule has 39 heavy (non-hydrogen) atoms. The highest BCUT2D eigenvalue weighted by molar-refractivity contribution is 6.15. The minimum absolute atomic E-state index is 0.0714. The van der Waals surface area contributed by atoms with Gasteiger partial charge in [-0.05, 0) is 66.1 Å². The molecule has 1 unspecified atom stereocenters. The van der Waals surface area contributed by atoms with Crippen LogP contribution in [-0.2, 0) is 4.79 Å². The number of rotatable bonds is 8. The molecule has 5 rings (SSSR count). The van der Waals surface area contributed by atoms with E-state index in [2.05, 4.69) is 6.58 Å². The van der Waals surface area contributed by atoms with E-state index in [1.165, 1.54) is 0 Å². The molecule has 200 valence electrons. The summed E-state index contributed by atoms with van der Waals surface area (Å²) < 4.78 is 33.8. The zero-order valence-corrected chi connectivity index (χ0v) is 22.2. The number of Topliss-reactive ketones (excluding diaryl/α,β-unsaturated/α-hetero) is 1. The molecule has 0 aliphatic carbocycles. The van der Waals surface area contributed by atoms with Crippen molar-refractivity contribution >= 4 is 17.8 Å². The van der Waals surface area contributed by atoms with Crippen LogP contribution < -0.4 is 28.4 Å². The number of hydrogen-bond donors (Lipinski definition) is 0. The first kappa shape index (κ1) is 25.9. The van der Waals surface area contributed by atoms with E-state index in [0.29, 0.717) is 57.8 Å². The summed E-state index contributed by atoms with van der Waals surface area (Å²) in [6, 6.07) is 14.1. The molecule has 2 heterocycles. The first-order valence-electron chi connectivity index (χ1n) is 12.3. The number of allylic oxidation sites excluding steroid dienone is 1. The molecule has 0 bridgehead atoms. The minimum Gasteiger partial charge on any atom is -0.493 e. The van der Waals surface area contributed by atoms with Gasteiger partial charge in [-0.3, -0.25) is 9.59 Å². The monoisotopic (exact) mass is 528 g/mol. The number of carbonyl (C=O) groups excluding carboxylic acids is 2. The lowest BCUT2D eigenvalue weighted by molar-refractivity contribution is -0.135. The third kappa shape index (κ3) is 4.93. The van der Waals surface area contributed by atoms with E-state index in [0.717, 1.165) is 11.1 Å². The van der Waals surface area contributed by atoms with Gasteiger partial charge in [0.1, 0.15) is 18.1 Å². The average Bonchev–Trinajstić information content (AvgIpc) is 3.25. The number of ketones is 1. The first-order valence-corrected chi connectivity index (χ1v) is 12.3. The topological polar surface area (TPSA) is 89.5 Å². The number of ether oxygens (including phenoxy) is 6. The fourth-order valence-corrected chi connectivity index (χ4v) is 4.71. The standard InChI is InChI=1S/C31H28O8/c1-17(2)16-37-26-14-19(7-10-23(26)35-4)21-15-28(32)38-24-11-8-20-30(33)27(39-31(20)29(21)24)13-18-6-9-22(34-3)25(12-18)36-5/h6-14,21H,1,15-16H2,2-5H3. The van der Waals surface area contributed by atoms with Crippen LogP contribution in [-0.4, -0.2) is 39.7 Å². The lowest BCUT2D eigenvalue weighted by Gasteiger charge is -2.27. The summed E-state index contributed by atoms with van der Waals surface area (Å²) in [5.74, 6) is 2.01. The van der Waals surface area contributed by atoms with Gasteiger partial charge in [0.25, 0.3) is 0 Å². The molecule has 8 heteroatoms. The maximum Gasteiger partial charge on any atom is 0.312 e. The van der Waals surface area contributed by atoms with Crippen molar-refractivity contribution in [2.45, 2.75) is 19.3 Å². The van der Waals surface area contributed by atoms with Gasteiger partial charge >= 0.3 is 5.97 Å². The van der Waals surface area contributed by atoms with E-state index in [-0.39, 0.29) is 23.9 Å². The summed E-state index contributed by atoms with van der Waals surface area (Å²) in [5, 5.41) is 0. The third-order valence-corrected chi connectivity index (χ3v) is 6.55. The van der Waals surface area contributed by atoms with Crippen molar-refractivity contribution in [2.75, 3.05) is 27.9 Å². The van der Waals surface area contributed by atoms with Crippen LogP contribution in [0, 0.1) is 0 Å². The Labute approximate surface area is 226 Å². The second-order valence-electron chi connectivity index (χ2n) is 9.30. The first-order chi connectivity index (χ1) is 18.8. The van der Waals surface area contributed by atoms with E-state index in [1.807, 2.05) is 19.1 Å². The zero-order valence-electron chi connectivity index (χ0n) is 22.2. The van der Waals surface area contributed by atoms with Gasteiger partial charge in [0, 0.05) is 11.5 Å². The quantitative estimate of drug-likeness (QED) is 0.159. The highest BCUT2D eigenvalue weighted by Crippen LogP contribution is 2.50. The van der Waals surface area contributed by atoms with Gasteiger partial charge in [-0.25, -0.2) is 0 Å². The summed E-state index contributed by atoms with van der Waals surface area (Å²) in [4.78, 5) is 25.9. The van der Waals surface area contributed by atoms with Gasteiger partial charge in [-0.1, -0.05) is 18.7 Å². The minimum atomic E-state index is -0.428. The molecule has 0 saturated heterocycles. The molecule has 0 N–H and O–H groups in total. The molecule has 2 aliphatic heterocycles. The summed E-state index contributed by atoms with van der Waals surface area (Å²) >= 11 is 0. The van der Waals surface area contributed by atoms with Crippen LogP contribution in [0.5, 0.6) is 34.5 Å². The van der Waals surface area contributed by atoms with Gasteiger partial charge in [0.2, 0.25) is 5.78 Å². The fourth-order valence-electron chi connectivity index (χ4n) is 4.71. The molecular weight excluding hydrogens is 500 g/mol. The number of esters is 1. The average molecular weight is 529 g/mol. The SMILES string of the molecule is C=C(C)COc1cc(C2CC(=O)Oc3ccc4c(c32)OC(=Cc2ccc(OC)c(OC)c2)C4=O)ccc1OC. The summed E-state index contributed by atoms with van der Waals surface area (Å²) in [5.41, 5.74) is 3.39. The second-order valence-corrected chi connectivity index (χ2v) is 9.30. The Hall–Kier alpha value is -4.72. The number of methoxy groups -OCH3 is 3.